The molecule has 8 heteroatoms. The summed E-state index contributed by atoms with van der Waals surface area (Å²) in [7, 11) is 0. The normalized spacial score (nSPS) is 15.2. The zero-order chi connectivity index (χ0) is 17.5. The van der Waals surface area contributed by atoms with Gasteiger partial charge in [-0.1, -0.05) is 5.16 Å². The number of morpholine rings is 1. The van der Waals surface area contributed by atoms with Crippen LogP contribution in [0.25, 0.3) is 11.4 Å². The van der Waals surface area contributed by atoms with Crippen LogP contribution in [0.2, 0.25) is 0 Å². The predicted octanol–water partition coefficient (Wildman–Crippen LogP) is 1.46. The van der Waals surface area contributed by atoms with Crippen molar-refractivity contribution in [2.75, 3.05) is 39.5 Å². The smallest absolute Gasteiger partial charge is 0.303 e. The minimum absolute atomic E-state index is 0.0302. The molecule has 25 heavy (non-hydrogen) atoms. The standard InChI is InChI=1S/C17H21N3O5/c21-16(22)6-5-15-18-17(19-25-15)13-1-3-14(4-2-13)24-12-9-20-7-10-23-11-8-20/h1-4H,5-12H2,(H,21,22). The van der Waals surface area contributed by atoms with Crippen molar-refractivity contribution in [3.8, 4) is 17.1 Å². The predicted molar refractivity (Wildman–Crippen MR) is 88.4 cm³/mol. The van der Waals surface area contributed by atoms with Gasteiger partial charge in [0.1, 0.15) is 12.4 Å². The molecule has 1 aliphatic heterocycles. The van der Waals surface area contributed by atoms with E-state index in [1.54, 1.807) is 0 Å². The molecular weight excluding hydrogens is 326 g/mol. The van der Waals surface area contributed by atoms with E-state index in [2.05, 4.69) is 15.0 Å². The molecule has 2 aromatic rings. The summed E-state index contributed by atoms with van der Waals surface area (Å²) >= 11 is 0. The van der Waals surface area contributed by atoms with E-state index in [0.717, 1.165) is 44.2 Å². The average Bonchev–Trinajstić information content (AvgIpc) is 3.10. The molecule has 0 spiro atoms. The van der Waals surface area contributed by atoms with Crippen LogP contribution >= 0.6 is 0 Å². The summed E-state index contributed by atoms with van der Waals surface area (Å²) in [5, 5.41) is 12.5. The summed E-state index contributed by atoms with van der Waals surface area (Å²) in [6.45, 7) is 4.97. The van der Waals surface area contributed by atoms with Gasteiger partial charge < -0.3 is 19.1 Å². The third-order valence-electron chi connectivity index (χ3n) is 3.91. The minimum atomic E-state index is -0.890. The van der Waals surface area contributed by atoms with E-state index in [1.165, 1.54) is 0 Å². The largest absolute Gasteiger partial charge is 0.492 e. The Morgan fingerprint density at radius 1 is 1.24 bits per heavy atom. The van der Waals surface area contributed by atoms with E-state index >= 15 is 0 Å². The maximum absolute atomic E-state index is 10.6. The summed E-state index contributed by atoms with van der Waals surface area (Å²) in [5.41, 5.74) is 0.797. The molecule has 1 aliphatic rings. The van der Waals surface area contributed by atoms with Gasteiger partial charge in [0.05, 0.1) is 19.6 Å². The van der Waals surface area contributed by atoms with Crippen molar-refractivity contribution in [2.45, 2.75) is 12.8 Å². The van der Waals surface area contributed by atoms with Gasteiger partial charge in [-0.05, 0) is 24.3 Å². The van der Waals surface area contributed by atoms with Gasteiger partial charge >= 0.3 is 5.97 Å². The Bertz CT molecular complexity index is 680. The Balaban J connectivity index is 1.49. The minimum Gasteiger partial charge on any atom is -0.492 e. The van der Waals surface area contributed by atoms with Gasteiger partial charge in [-0.3, -0.25) is 9.69 Å². The quantitative estimate of drug-likeness (QED) is 0.766. The summed E-state index contributed by atoms with van der Waals surface area (Å²) < 4.78 is 16.1. The highest BCUT2D eigenvalue weighted by atomic mass is 16.5. The molecule has 8 nitrogen and oxygen atoms in total. The van der Waals surface area contributed by atoms with Crippen LogP contribution in [-0.2, 0) is 16.0 Å². The molecule has 2 heterocycles. The van der Waals surface area contributed by atoms with Gasteiger partial charge in [-0.15, -0.1) is 0 Å². The first kappa shape index (κ1) is 17.4. The van der Waals surface area contributed by atoms with Crippen molar-refractivity contribution in [1.82, 2.24) is 15.0 Å². The second-order valence-corrected chi connectivity index (χ2v) is 5.73. The van der Waals surface area contributed by atoms with E-state index in [-0.39, 0.29) is 12.8 Å². The monoisotopic (exact) mass is 347 g/mol. The van der Waals surface area contributed by atoms with E-state index < -0.39 is 5.97 Å². The van der Waals surface area contributed by atoms with Crippen LogP contribution in [0.4, 0.5) is 0 Å². The molecule has 1 N–H and O–H groups in total. The zero-order valence-electron chi connectivity index (χ0n) is 13.9. The van der Waals surface area contributed by atoms with E-state index in [4.69, 9.17) is 19.1 Å². The van der Waals surface area contributed by atoms with Crippen molar-refractivity contribution >= 4 is 5.97 Å². The fourth-order valence-corrected chi connectivity index (χ4v) is 2.51. The first-order chi connectivity index (χ1) is 12.2. The summed E-state index contributed by atoms with van der Waals surface area (Å²) in [5.74, 6) is 0.661. The highest BCUT2D eigenvalue weighted by Gasteiger charge is 2.11. The lowest BCUT2D eigenvalue weighted by atomic mass is 10.2. The lowest BCUT2D eigenvalue weighted by Gasteiger charge is -2.26. The Labute approximate surface area is 145 Å². The lowest BCUT2D eigenvalue weighted by Crippen LogP contribution is -2.38. The number of aryl methyl sites for hydroxylation is 1. The molecule has 1 fully saturated rings. The van der Waals surface area contributed by atoms with Crippen molar-refractivity contribution in [3.05, 3.63) is 30.2 Å². The second kappa shape index (κ2) is 8.59. The number of hydrogen-bond acceptors (Lipinski definition) is 7. The van der Waals surface area contributed by atoms with Crippen LogP contribution in [0.1, 0.15) is 12.3 Å². The van der Waals surface area contributed by atoms with Crippen molar-refractivity contribution in [3.63, 3.8) is 0 Å². The number of nitrogens with zero attached hydrogens (tertiary/aromatic N) is 3. The van der Waals surface area contributed by atoms with Crippen LogP contribution in [0.3, 0.4) is 0 Å². The molecule has 3 rings (SSSR count). The van der Waals surface area contributed by atoms with Crippen LogP contribution in [0.5, 0.6) is 5.75 Å². The number of carboxylic acid groups (broad SMARTS) is 1. The number of carboxylic acids is 1. The number of ether oxygens (including phenoxy) is 2. The summed E-state index contributed by atoms with van der Waals surface area (Å²) in [6.07, 6.45) is 0.197. The maximum Gasteiger partial charge on any atom is 0.303 e. The maximum atomic E-state index is 10.6. The topological polar surface area (TPSA) is 97.9 Å². The number of hydrogen-bond donors (Lipinski definition) is 1. The number of rotatable bonds is 8. The van der Waals surface area contributed by atoms with Gasteiger partial charge in [0.2, 0.25) is 11.7 Å². The summed E-state index contributed by atoms with van der Waals surface area (Å²) in [4.78, 5) is 17.1. The van der Waals surface area contributed by atoms with Crippen molar-refractivity contribution < 1.29 is 23.9 Å². The molecule has 134 valence electrons. The third kappa shape index (κ3) is 5.27. The van der Waals surface area contributed by atoms with Crippen LogP contribution in [-0.4, -0.2) is 65.6 Å². The zero-order valence-corrected chi connectivity index (χ0v) is 13.9. The van der Waals surface area contributed by atoms with Crippen molar-refractivity contribution in [2.24, 2.45) is 0 Å². The van der Waals surface area contributed by atoms with Crippen LogP contribution in [0.15, 0.2) is 28.8 Å². The number of aromatic nitrogens is 2. The summed E-state index contributed by atoms with van der Waals surface area (Å²) in [6, 6.07) is 7.44. The van der Waals surface area contributed by atoms with Gasteiger partial charge in [-0.2, -0.15) is 4.98 Å². The van der Waals surface area contributed by atoms with E-state index in [0.29, 0.717) is 18.3 Å². The first-order valence-corrected chi connectivity index (χ1v) is 8.28. The Kier molecular flexibility index (Phi) is 5.97. The highest BCUT2D eigenvalue weighted by Crippen LogP contribution is 2.20. The Morgan fingerprint density at radius 2 is 2.00 bits per heavy atom. The number of aliphatic carboxylic acids is 1. The second-order valence-electron chi connectivity index (χ2n) is 5.73. The molecule has 1 aromatic carbocycles. The fraction of sp³-hybridized carbons (Fsp3) is 0.471. The SMILES string of the molecule is O=C(O)CCc1nc(-c2ccc(OCCN3CCOCC3)cc2)no1. The molecule has 0 bridgehead atoms. The molecule has 0 amide bonds. The number of carbonyl (C=O) groups is 1. The van der Waals surface area contributed by atoms with E-state index in [9.17, 15) is 4.79 Å². The lowest BCUT2D eigenvalue weighted by molar-refractivity contribution is -0.137. The van der Waals surface area contributed by atoms with Crippen LogP contribution < -0.4 is 4.74 Å². The number of benzene rings is 1. The molecule has 1 aromatic heterocycles. The third-order valence-corrected chi connectivity index (χ3v) is 3.91. The fourth-order valence-electron chi connectivity index (χ4n) is 2.51. The molecule has 1 saturated heterocycles. The van der Waals surface area contributed by atoms with Crippen molar-refractivity contribution in [1.29, 1.82) is 0 Å². The highest BCUT2D eigenvalue weighted by molar-refractivity contribution is 5.66. The molecule has 0 atom stereocenters. The van der Waals surface area contributed by atoms with Gasteiger partial charge in [-0.25, -0.2) is 0 Å². The van der Waals surface area contributed by atoms with Crippen LogP contribution in [0, 0.1) is 0 Å². The Hall–Kier alpha value is -2.45. The first-order valence-electron chi connectivity index (χ1n) is 8.28. The molecule has 0 saturated carbocycles. The Morgan fingerprint density at radius 3 is 2.72 bits per heavy atom. The average molecular weight is 347 g/mol. The molecule has 0 radical (unpaired) electrons. The molecule has 0 unspecified atom stereocenters. The van der Waals surface area contributed by atoms with E-state index in [1.807, 2.05) is 24.3 Å². The molecule has 0 aliphatic carbocycles. The van der Waals surface area contributed by atoms with Gasteiger partial charge in [0, 0.05) is 31.6 Å². The van der Waals surface area contributed by atoms with Gasteiger partial charge in [0.15, 0.2) is 0 Å². The van der Waals surface area contributed by atoms with Gasteiger partial charge in [0.25, 0.3) is 0 Å². The molecular formula is C17H21N3O5.